The van der Waals surface area contributed by atoms with Gasteiger partial charge in [0.25, 0.3) is 0 Å². The zero-order chi connectivity index (χ0) is 11.4. The van der Waals surface area contributed by atoms with Crippen molar-refractivity contribution in [1.82, 2.24) is 5.32 Å². The molecule has 0 heterocycles. The lowest BCUT2D eigenvalue weighted by Crippen LogP contribution is -2.50. The van der Waals surface area contributed by atoms with Crippen LogP contribution in [0.1, 0.15) is 22.1 Å². The lowest BCUT2D eigenvalue weighted by molar-refractivity contribution is -0.144. The van der Waals surface area contributed by atoms with Crippen molar-refractivity contribution in [3.05, 3.63) is 0 Å². The number of carboxylic acids is 1. The first-order valence-electron chi connectivity index (χ1n) is 4.57. The molecule has 0 fully saturated rings. The molecule has 0 aromatic carbocycles. The van der Waals surface area contributed by atoms with Crippen LogP contribution in [0.3, 0.4) is 0 Å². The second-order valence-corrected chi connectivity index (χ2v) is 3.53. The van der Waals surface area contributed by atoms with Gasteiger partial charge in [-0.2, -0.15) is 0 Å². The van der Waals surface area contributed by atoms with Crippen LogP contribution in [0, 0.1) is 5.41 Å². The summed E-state index contributed by atoms with van der Waals surface area (Å²) in [5.74, 6) is -1.68. The maximum Gasteiger partial charge on any atom is 0.326 e. The minimum atomic E-state index is -1.15. The number of rotatable bonds is 3. The summed E-state index contributed by atoms with van der Waals surface area (Å²) in [6, 6.07) is -1.07. The Morgan fingerprint density at radius 3 is 2.54 bits per heavy atom. The number of carboxylic acid groups (broad SMARTS) is 1. The molecule has 0 saturated carbocycles. The van der Waals surface area contributed by atoms with Crippen molar-refractivity contribution in [1.29, 1.82) is 0 Å². The smallest absolute Gasteiger partial charge is 0.326 e. The third kappa shape index (κ3) is 3.89. The van der Waals surface area contributed by atoms with E-state index in [0.29, 0.717) is 0 Å². The Balaban J connectivity index is 4.61. The van der Waals surface area contributed by atoms with Gasteiger partial charge in [-0.05, 0) is 5.41 Å². The molecule has 4 N–H and O–H groups in total. The van der Waals surface area contributed by atoms with Gasteiger partial charge in [-0.15, -0.1) is 0 Å². The van der Waals surface area contributed by atoms with Crippen molar-refractivity contribution >= 4 is 11.9 Å². The lowest BCUT2D eigenvalue weighted by atomic mass is 9.87. The molecule has 0 saturated heterocycles. The van der Waals surface area contributed by atoms with E-state index in [-0.39, 0.29) is 13.4 Å². The van der Waals surface area contributed by atoms with E-state index in [1.54, 1.807) is 13.8 Å². The number of carbonyl (C=O) groups is 2. The first-order chi connectivity index (χ1) is 6.35. The Bertz CT molecular complexity index is 231. The fourth-order valence-electron chi connectivity index (χ4n) is 0.811. The predicted molar refractivity (Wildman–Crippen MR) is 48.1 cm³/mol. The van der Waals surface area contributed by atoms with Crippen molar-refractivity contribution in [2.24, 2.45) is 11.1 Å². The summed E-state index contributed by atoms with van der Waals surface area (Å²) in [4.78, 5) is 21.7. The van der Waals surface area contributed by atoms with Gasteiger partial charge in [-0.25, -0.2) is 4.79 Å². The second kappa shape index (κ2) is 4.23. The predicted octanol–water partition coefficient (Wildman–Crippen LogP) is -0.439. The fraction of sp³-hybridized carbons (Fsp3) is 0.750. The summed E-state index contributed by atoms with van der Waals surface area (Å²) in [7, 11) is 0. The molecule has 5 heteroatoms. The minimum Gasteiger partial charge on any atom is -0.480 e. The molecule has 13 heavy (non-hydrogen) atoms. The van der Waals surface area contributed by atoms with E-state index in [0.717, 1.165) is 0 Å². The van der Waals surface area contributed by atoms with Crippen molar-refractivity contribution in [2.45, 2.75) is 26.8 Å². The SMILES string of the molecule is [2H]CC(C)(C)[C@H](NC(=O)CN)C(=O)O. The van der Waals surface area contributed by atoms with Crippen molar-refractivity contribution in [2.75, 3.05) is 6.54 Å². The number of aliphatic carboxylic acids is 1. The van der Waals surface area contributed by atoms with Crippen molar-refractivity contribution in [3.8, 4) is 0 Å². The van der Waals surface area contributed by atoms with Crippen LogP contribution in [-0.4, -0.2) is 29.6 Å². The molecule has 1 amide bonds. The Hall–Kier alpha value is -1.10. The van der Waals surface area contributed by atoms with Crippen molar-refractivity contribution < 1.29 is 16.1 Å². The largest absolute Gasteiger partial charge is 0.480 e. The quantitative estimate of drug-likeness (QED) is 0.561. The number of nitrogens with one attached hydrogen (secondary N) is 1. The summed E-state index contributed by atoms with van der Waals surface area (Å²) in [6.45, 7) is 2.87. The molecule has 0 aromatic rings. The molecule has 0 aliphatic carbocycles. The fourth-order valence-corrected chi connectivity index (χ4v) is 0.811. The number of nitrogens with two attached hydrogens (primary N) is 1. The molecule has 0 aliphatic heterocycles. The first kappa shape index (κ1) is 9.98. The highest BCUT2D eigenvalue weighted by Gasteiger charge is 2.32. The van der Waals surface area contributed by atoms with Gasteiger partial charge in [0, 0.05) is 1.37 Å². The summed E-state index contributed by atoms with van der Waals surface area (Å²) >= 11 is 0. The van der Waals surface area contributed by atoms with Gasteiger partial charge >= 0.3 is 5.97 Å². The van der Waals surface area contributed by atoms with E-state index in [9.17, 15) is 9.59 Å². The van der Waals surface area contributed by atoms with E-state index in [4.69, 9.17) is 12.2 Å². The lowest BCUT2D eigenvalue weighted by Gasteiger charge is -2.27. The monoisotopic (exact) mass is 189 g/mol. The molecule has 0 spiro atoms. The van der Waals surface area contributed by atoms with Gasteiger partial charge in [-0.3, -0.25) is 4.79 Å². The standard InChI is InChI=1S/C8H16N2O3/c1-8(2,3)6(7(12)13)10-5(11)4-9/h6H,4,9H2,1-3H3,(H,10,11)(H,12,13)/t6-/m1/s1/i1D. The second-order valence-electron chi connectivity index (χ2n) is 3.53. The third-order valence-electron chi connectivity index (χ3n) is 1.52. The summed E-state index contributed by atoms with van der Waals surface area (Å²) < 4.78 is 7.18. The van der Waals surface area contributed by atoms with Crippen LogP contribution in [0.25, 0.3) is 0 Å². The van der Waals surface area contributed by atoms with E-state index in [2.05, 4.69) is 5.32 Å². The van der Waals surface area contributed by atoms with Crippen LogP contribution < -0.4 is 11.1 Å². The highest BCUT2D eigenvalue weighted by Crippen LogP contribution is 2.19. The zero-order valence-corrected chi connectivity index (χ0v) is 7.83. The van der Waals surface area contributed by atoms with Crippen LogP contribution in [0.5, 0.6) is 0 Å². The van der Waals surface area contributed by atoms with Gasteiger partial charge < -0.3 is 16.2 Å². The summed E-state index contributed by atoms with van der Waals surface area (Å²) in [5.41, 5.74) is 4.24. The molecule has 76 valence electrons. The molecule has 0 aromatic heterocycles. The van der Waals surface area contributed by atoms with Crippen LogP contribution in [0.15, 0.2) is 0 Å². The van der Waals surface area contributed by atoms with E-state index in [1.807, 2.05) is 0 Å². The molecular formula is C8H16N2O3. The Kier molecular flexibility index (Phi) is 3.25. The van der Waals surface area contributed by atoms with E-state index >= 15 is 0 Å². The van der Waals surface area contributed by atoms with Gasteiger partial charge in [0.05, 0.1) is 6.54 Å². The molecular weight excluding hydrogens is 172 g/mol. The molecule has 0 radical (unpaired) electrons. The van der Waals surface area contributed by atoms with Crippen molar-refractivity contribution in [3.63, 3.8) is 0 Å². The highest BCUT2D eigenvalue weighted by atomic mass is 16.4. The average Bonchev–Trinajstić information content (AvgIpc) is 2.12. The summed E-state index contributed by atoms with van der Waals surface area (Å²) in [5, 5.41) is 11.1. The third-order valence-corrected chi connectivity index (χ3v) is 1.52. The van der Waals surface area contributed by atoms with Crippen LogP contribution >= 0.6 is 0 Å². The minimum absolute atomic E-state index is 0.0885. The van der Waals surface area contributed by atoms with E-state index < -0.39 is 23.3 Å². The Morgan fingerprint density at radius 2 is 2.23 bits per heavy atom. The molecule has 5 nitrogen and oxygen atoms in total. The van der Waals surface area contributed by atoms with Crippen LogP contribution in [0.4, 0.5) is 0 Å². The van der Waals surface area contributed by atoms with E-state index in [1.165, 1.54) is 0 Å². The number of carbonyl (C=O) groups excluding carboxylic acids is 1. The maximum atomic E-state index is 10.9. The molecule has 1 atom stereocenters. The topological polar surface area (TPSA) is 92.4 Å². The van der Waals surface area contributed by atoms with Crippen LogP contribution in [0.2, 0.25) is 0 Å². The summed E-state index contributed by atoms with van der Waals surface area (Å²) in [6.07, 6.45) is 0. The van der Waals surface area contributed by atoms with Crippen LogP contribution in [-0.2, 0) is 9.59 Å². The molecule has 0 unspecified atom stereocenters. The number of amides is 1. The highest BCUT2D eigenvalue weighted by molar-refractivity contribution is 5.85. The van der Waals surface area contributed by atoms with Gasteiger partial charge in [-0.1, -0.05) is 20.7 Å². The number of hydrogen-bond donors (Lipinski definition) is 3. The Morgan fingerprint density at radius 1 is 1.69 bits per heavy atom. The molecule has 0 rings (SSSR count). The normalized spacial score (nSPS) is 14.5. The molecule has 0 aliphatic rings. The maximum absolute atomic E-state index is 10.9. The van der Waals surface area contributed by atoms with Gasteiger partial charge in [0.1, 0.15) is 6.04 Å². The molecule has 0 bridgehead atoms. The average molecular weight is 189 g/mol. The first-order valence-corrected chi connectivity index (χ1v) is 3.86. The Labute approximate surface area is 78.7 Å². The number of hydrogen-bond acceptors (Lipinski definition) is 3. The zero-order valence-electron chi connectivity index (χ0n) is 8.83. The van der Waals surface area contributed by atoms with Gasteiger partial charge in [0.2, 0.25) is 5.91 Å². The van der Waals surface area contributed by atoms with Gasteiger partial charge in [0.15, 0.2) is 0 Å².